The number of pyridine rings is 1. The number of anilines is 1. The molecule has 4 nitrogen and oxygen atoms in total. The van der Waals surface area contributed by atoms with Gasteiger partial charge in [-0.2, -0.15) is 0 Å². The molecule has 1 aliphatic rings. The van der Waals surface area contributed by atoms with Gasteiger partial charge in [0.15, 0.2) is 0 Å². The molecule has 1 saturated carbocycles. The first-order chi connectivity index (χ1) is 8.16. The minimum Gasteiger partial charge on any atom is -0.391 e. The number of nitrogen functional groups attached to an aromatic ring is 1. The molecule has 17 heavy (non-hydrogen) atoms. The summed E-state index contributed by atoms with van der Waals surface area (Å²) in [7, 11) is 0. The molecular weight excluding hydrogens is 236 g/mol. The number of hydrogen-bond donors (Lipinski definition) is 3. The summed E-state index contributed by atoms with van der Waals surface area (Å²) in [6, 6.07) is 1.65. The summed E-state index contributed by atoms with van der Waals surface area (Å²) >= 11 is 5.85. The Hall–Kier alpha value is -1.55. The van der Waals surface area contributed by atoms with E-state index in [1.165, 1.54) is 12.8 Å². The maximum Gasteiger partial charge on any atom is 0.142 e. The van der Waals surface area contributed by atoms with Crippen LogP contribution in [-0.2, 0) is 0 Å². The second-order valence-corrected chi connectivity index (χ2v) is 4.60. The van der Waals surface area contributed by atoms with Crippen molar-refractivity contribution in [3.8, 4) is 0 Å². The Labute approximate surface area is 105 Å². The summed E-state index contributed by atoms with van der Waals surface area (Å²) in [6.07, 6.45) is 7.68. The fourth-order valence-electron chi connectivity index (χ4n) is 1.39. The number of halogens is 1. The summed E-state index contributed by atoms with van der Waals surface area (Å²) in [4.78, 5) is 3.92. The van der Waals surface area contributed by atoms with E-state index in [1.807, 2.05) is 0 Å². The quantitative estimate of drug-likeness (QED) is 0.702. The van der Waals surface area contributed by atoms with Gasteiger partial charge in [0.1, 0.15) is 5.82 Å². The molecule has 0 amide bonds. The van der Waals surface area contributed by atoms with Gasteiger partial charge in [0, 0.05) is 18.3 Å². The topological polar surface area (TPSA) is 74.8 Å². The molecule has 0 radical (unpaired) electrons. The first-order valence-electron chi connectivity index (χ1n) is 5.56. The zero-order valence-corrected chi connectivity index (χ0v) is 10.2. The molecule has 1 aliphatic carbocycles. The standard InChI is InChI=1S/C12H15ClN4/c13-10-5-9(7-17-12(10)15)11(14)3-4-16-6-8-1-2-8/h3-5,7-8,14,16H,1-2,6H2,(H2,15,17)/b4-3-,14-11?. The second-order valence-electron chi connectivity index (χ2n) is 4.19. The van der Waals surface area contributed by atoms with Crippen molar-refractivity contribution in [1.82, 2.24) is 10.3 Å². The lowest BCUT2D eigenvalue weighted by Gasteiger charge is -2.02. The highest BCUT2D eigenvalue weighted by molar-refractivity contribution is 6.33. The van der Waals surface area contributed by atoms with E-state index < -0.39 is 0 Å². The normalized spacial score (nSPS) is 15.1. The van der Waals surface area contributed by atoms with Gasteiger partial charge >= 0.3 is 0 Å². The van der Waals surface area contributed by atoms with E-state index in [1.54, 1.807) is 24.5 Å². The molecule has 1 heterocycles. The number of allylic oxidation sites excluding steroid dienone is 1. The van der Waals surface area contributed by atoms with Gasteiger partial charge in [-0.25, -0.2) is 4.98 Å². The molecule has 1 aromatic rings. The molecular formula is C12H15ClN4. The highest BCUT2D eigenvalue weighted by atomic mass is 35.5. The van der Waals surface area contributed by atoms with Crippen LogP contribution in [0.15, 0.2) is 24.5 Å². The van der Waals surface area contributed by atoms with Crippen LogP contribution in [0.4, 0.5) is 5.82 Å². The van der Waals surface area contributed by atoms with Gasteiger partial charge in [-0.3, -0.25) is 0 Å². The Morgan fingerprint density at radius 1 is 1.65 bits per heavy atom. The molecule has 0 atom stereocenters. The molecule has 2 rings (SSSR count). The van der Waals surface area contributed by atoms with Crippen LogP contribution in [0, 0.1) is 11.3 Å². The molecule has 90 valence electrons. The third kappa shape index (κ3) is 3.46. The summed E-state index contributed by atoms with van der Waals surface area (Å²) in [5.41, 5.74) is 6.53. The Bertz CT molecular complexity index is 452. The average Bonchev–Trinajstić information content (AvgIpc) is 3.12. The van der Waals surface area contributed by atoms with Gasteiger partial charge in [0.05, 0.1) is 10.7 Å². The van der Waals surface area contributed by atoms with Crippen LogP contribution in [0.2, 0.25) is 5.02 Å². The Kier molecular flexibility index (Phi) is 3.64. The fourth-order valence-corrected chi connectivity index (χ4v) is 1.56. The molecule has 0 spiro atoms. The molecule has 5 heteroatoms. The van der Waals surface area contributed by atoms with Gasteiger partial charge in [-0.1, -0.05) is 11.6 Å². The second kappa shape index (κ2) is 5.19. The van der Waals surface area contributed by atoms with Crippen LogP contribution in [0.5, 0.6) is 0 Å². The molecule has 4 N–H and O–H groups in total. The minimum absolute atomic E-state index is 0.291. The Balaban J connectivity index is 1.91. The summed E-state index contributed by atoms with van der Waals surface area (Å²) < 4.78 is 0. The zero-order valence-electron chi connectivity index (χ0n) is 9.41. The maximum absolute atomic E-state index is 7.83. The maximum atomic E-state index is 7.83. The third-order valence-corrected chi connectivity index (χ3v) is 2.95. The van der Waals surface area contributed by atoms with E-state index in [4.69, 9.17) is 22.7 Å². The van der Waals surface area contributed by atoms with Crippen molar-refractivity contribution in [2.45, 2.75) is 12.8 Å². The molecule has 0 aromatic carbocycles. The number of nitrogens with one attached hydrogen (secondary N) is 2. The number of nitrogens with zero attached hydrogens (tertiary/aromatic N) is 1. The predicted molar refractivity (Wildman–Crippen MR) is 70.4 cm³/mol. The monoisotopic (exact) mass is 250 g/mol. The minimum atomic E-state index is 0.291. The van der Waals surface area contributed by atoms with Gasteiger partial charge in [-0.05, 0) is 37.1 Å². The van der Waals surface area contributed by atoms with Crippen LogP contribution >= 0.6 is 11.6 Å². The van der Waals surface area contributed by atoms with Gasteiger partial charge in [-0.15, -0.1) is 0 Å². The zero-order chi connectivity index (χ0) is 12.3. The Morgan fingerprint density at radius 3 is 3.06 bits per heavy atom. The predicted octanol–water partition coefficient (Wildman–Crippen LogP) is 2.20. The Morgan fingerprint density at radius 2 is 2.41 bits per heavy atom. The molecule has 1 fully saturated rings. The lowest BCUT2D eigenvalue weighted by atomic mass is 10.2. The highest BCUT2D eigenvalue weighted by Gasteiger charge is 2.19. The lowest BCUT2D eigenvalue weighted by Crippen LogP contribution is -2.09. The third-order valence-electron chi connectivity index (χ3n) is 2.65. The molecule has 1 aromatic heterocycles. The van der Waals surface area contributed by atoms with Crippen molar-refractivity contribution in [3.63, 3.8) is 0 Å². The van der Waals surface area contributed by atoms with E-state index >= 15 is 0 Å². The summed E-state index contributed by atoms with van der Waals surface area (Å²) in [5.74, 6) is 1.11. The van der Waals surface area contributed by atoms with Crippen LogP contribution < -0.4 is 11.1 Å². The van der Waals surface area contributed by atoms with Crippen LogP contribution in [0.25, 0.3) is 0 Å². The van der Waals surface area contributed by atoms with E-state index in [0.717, 1.165) is 12.5 Å². The molecule has 0 saturated heterocycles. The van der Waals surface area contributed by atoms with E-state index in [9.17, 15) is 0 Å². The SMILES string of the molecule is N=C(/C=C\NCC1CC1)c1cnc(N)c(Cl)c1. The summed E-state index contributed by atoms with van der Waals surface area (Å²) in [5, 5.41) is 11.4. The van der Waals surface area contributed by atoms with Crippen molar-refractivity contribution in [2.75, 3.05) is 12.3 Å². The van der Waals surface area contributed by atoms with Gasteiger partial charge in [0.25, 0.3) is 0 Å². The van der Waals surface area contributed by atoms with Crippen LogP contribution in [0.1, 0.15) is 18.4 Å². The molecule has 0 unspecified atom stereocenters. The summed E-state index contributed by atoms with van der Waals surface area (Å²) in [6.45, 7) is 0.991. The highest BCUT2D eigenvalue weighted by Crippen LogP contribution is 2.27. The van der Waals surface area contributed by atoms with E-state index in [0.29, 0.717) is 22.1 Å². The van der Waals surface area contributed by atoms with Gasteiger partial charge < -0.3 is 16.5 Å². The van der Waals surface area contributed by atoms with Crippen molar-refractivity contribution in [2.24, 2.45) is 5.92 Å². The van der Waals surface area contributed by atoms with Crippen LogP contribution in [-0.4, -0.2) is 17.2 Å². The number of hydrogen-bond acceptors (Lipinski definition) is 4. The van der Waals surface area contributed by atoms with Gasteiger partial charge in [0.2, 0.25) is 0 Å². The van der Waals surface area contributed by atoms with E-state index in [2.05, 4.69) is 10.3 Å². The van der Waals surface area contributed by atoms with Crippen molar-refractivity contribution in [1.29, 1.82) is 5.41 Å². The van der Waals surface area contributed by atoms with Crippen LogP contribution in [0.3, 0.4) is 0 Å². The lowest BCUT2D eigenvalue weighted by molar-refractivity contribution is 0.748. The molecule has 0 bridgehead atoms. The average molecular weight is 251 g/mol. The largest absolute Gasteiger partial charge is 0.391 e. The first-order valence-corrected chi connectivity index (χ1v) is 5.94. The van der Waals surface area contributed by atoms with Crippen molar-refractivity contribution < 1.29 is 0 Å². The number of aromatic nitrogens is 1. The van der Waals surface area contributed by atoms with E-state index in [-0.39, 0.29) is 0 Å². The van der Waals surface area contributed by atoms with Crippen molar-refractivity contribution in [3.05, 3.63) is 35.1 Å². The van der Waals surface area contributed by atoms with Crippen molar-refractivity contribution >= 4 is 23.1 Å². The fraction of sp³-hybridized carbons (Fsp3) is 0.333. The smallest absolute Gasteiger partial charge is 0.142 e. The number of rotatable bonds is 5. The number of nitrogens with two attached hydrogens (primary N) is 1. The first kappa shape index (κ1) is 11.9. The molecule has 0 aliphatic heterocycles.